The molecular weight excluding hydrogens is 212 g/mol. The average Bonchev–Trinajstić information content (AvgIpc) is 2.93. The van der Waals surface area contributed by atoms with Crippen molar-refractivity contribution in [1.82, 2.24) is 10.2 Å². The van der Waals surface area contributed by atoms with E-state index < -0.39 is 0 Å². The minimum atomic E-state index is -0.269. The minimum Gasteiger partial charge on any atom is -0.324 e. The number of nitrogens with one attached hydrogen (secondary N) is 1. The Kier molecular flexibility index (Phi) is 2.44. The Labute approximate surface area is 102 Å². The van der Waals surface area contributed by atoms with Gasteiger partial charge in [0.25, 0.3) is 0 Å². The van der Waals surface area contributed by atoms with Crippen LogP contribution in [0.4, 0.5) is 0 Å². The number of hydrogen-bond acceptors (Lipinski definition) is 2. The topological polar surface area (TPSA) is 32.3 Å². The molecule has 1 aromatic carbocycles. The molecule has 90 valence electrons. The predicted octanol–water partition coefficient (Wildman–Crippen LogP) is 2.06. The molecule has 1 aromatic rings. The fraction of sp³-hybridized carbons (Fsp3) is 0.500. The van der Waals surface area contributed by atoms with Crippen LogP contribution in [-0.4, -0.2) is 23.4 Å². The molecule has 2 aliphatic rings. The molecule has 17 heavy (non-hydrogen) atoms. The summed E-state index contributed by atoms with van der Waals surface area (Å²) in [5.41, 5.74) is 0.905. The van der Waals surface area contributed by atoms with Crippen molar-refractivity contribution in [1.29, 1.82) is 0 Å². The number of hydrogen-bond donors (Lipinski definition) is 1. The van der Waals surface area contributed by atoms with Crippen molar-refractivity contribution in [3.8, 4) is 0 Å². The van der Waals surface area contributed by atoms with E-state index in [1.165, 1.54) is 5.56 Å². The second kappa shape index (κ2) is 3.84. The van der Waals surface area contributed by atoms with Crippen LogP contribution in [0.25, 0.3) is 0 Å². The van der Waals surface area contributed by atoms with Crippen LogP contribution in [0.2, 0.25) is 0 Å². The first-order valence-corrected chi connectivity index (χ1v) is 6.33. The van der Waals surface area contributed by atoms with Gasteiger partial charge in [0.15, 0.2) is 0 Å². The van der Waals surface area contributed by atoms with Gasteiger partial charge in [0.1, 0.15) is 6.17 Å². The van der Waals surface area contributed by atoms with Crippen LogP contribution in [-0.2, 0) is 4.79 Å². The van der Waals surface area contributed by atoms with E-state index in [-0.39, 0.29) is 17.6 Å². The third-order valence-corrected chi connectivity index (χ3v) is 4.10. The quantitative estimate of drug-likeness (QED) is 0.801. The maximum atomic E-state index is 12.4. The summed E-state index contributed by atoms with van der Waals surface area (Å²) in [5.74, 6) is 0.267. The molecule has 1 aliphatic carbocycles. The van der Waals surface area contributed by atoms with Crippen molar-refractivity contribution in [3.05, 3.63) is 35.9 Å². The zero-order valence-electron chi connectivity index (χ0n) is 10.1. The normalized spacial score (nSPS) is 27.0. The zero-order chi connectivity index (χ0) is 11.9. The van der Waals surface area contributed by atoms with Gasteiger partial charge in [0.05, 0.1) is 5.54 Å². The molecule has 0 aromatic heterocycles. The van der Waals surface area contributed by atoms with Gasteiger partial charge in [0.2, 0.25) is 5.91 Å². The summed E-state index contributed by atoms with van der Waals surface area (Å²) < 4.78 is 0. The number of benzene rings is 1. The first-order chi connectivity index (χ1) is 8.23. The lowest BCUT2D eigenvalue weighted by Gasteiger charge is -2.20. The second-order valence-corrected chi connectivity index (χ2v) is 5.16. The Morgan fingerprint density at radius 3 is 2.53 bits per heavy atom. The standard InChI is InChI=1S/C14H18N2O/c1-16-12(11-7-3-2-4-8-11)15-14(13(16)17)9-5-6-10-14/h2-4,7-8,12,15H,5-6,9-10H2,1H3. The maximum Gasteiger partial charge on any atom is 0.244 e. The number of nitrogens with zero attached hydrogens (tertiary/aromatic N) is 1. The molecule has 1 heterocycles. The van der Waals surface area contributed by atoms with Gasteiger partial charge >= 0.3 is 0 Å². The number of likely N-dealkylation sites (N-methyl/N-ethyl adjacent to an activating group) is 1. The lowest BCUT2D eigenvalue weighted by molar-refractivity contribution is -0.132. The van der Waals surface area contributed by atoms with Gasteiger partial charge in [-0.1, -0.05) is 43.2 Å². The van der Waals surface area contributed by atoms with Gasteiger partial charge in [-0.15, -0.1) is 0 Å². The second-order valence-electron chi connectivity index (χ2n) is 5.16. The SMILES string of the molecule is CN1C(=O)C2(CCCC2)NC1c1ccccc1. The Hall–Kier alpha value is -1.35. The van der Waals surface area contributed by atoms with Crippen LogP contribution in [0, 0.1) is 0 Å². The number of carbonyl (C=O) groups is 1. The largest absolute Gasteiger partial charge is 0.324 e. The van der Waals surface area contributed by atoms with E-state index in [4.69, 9.17) is 0 Å². The molecule has 1 spiro atoms. The first kappa shape index (κ1) is 10.8. The molecule has 1 unspecified atom stereocenters. The molecular formula is C14H18N2O. The van der Waals surface area contributed by atoms with Crippen molar-refractivity contribution in [3.63, 3.8) is 0 Å². The molecule has 1 saturated carbocycles. The molecule has 0 bridgehead atoms. The zero-order valence-corrected chi connectivity index (χ0v) is 10.1. The monoisotopic (exact) mass is 230 g/mol. The van der Waals surface area contributed by atoms with E-state index in [1.54, 1.807) is 0 Å². The van der Waals surface area contributed by atoms with E-state index >= 15 is 0 Å². The van der Waals surface area contributed by atoms with E-state index in [2.05, 4.69) is 17.4 Å². The van der Waals surface area contributed by atoms with Crippen LogP contribution in [0.15, 0.2) is 30.3 Å². The maximum absolute atomic E-state index is 12.4. The third-order valence-electron chi connectivity index (χ3n) is 4.10. The molecule has 3 rings (SSSR count). The van der Waals surface area contributed by atoms with Crippen molar-refractivity contribution < 1.29 is 4.79 Å². The number of amides is 1. The van der Waals surface area contributed by atoms with Crippen LogP contribution in [0.1, 0.15) is 37.4 Å². The highest BCUT2D eigenvalue weighted by molar-refractivity contribution is 5.89. The molecule has 1 amide bonds. The van der Waals surface area contributed by atoms with Crippen LogP contribution in [0.3, 0.4) is 0 Å². The molecule has 3 nitrogen and oxygen atoms in total. The highest BCUT2D eigenvalue weighted by Gasteiger charge is 2.51. The lowest BCUT2D eigenvalue weighted by Crippen LogP contribution is -2.43. The highest BCUT2D eigenvalue weighted by atomic mass is 16.2. The van der Waals surface area contributed by atoms with Crippen molar-refractivity contribution in [2.75, 3.05) is 7.05 Å². The number of rotatable bonds is 1. The average molecular weight is 230 g/mol. The summed E-state index contributed by atoms with van der Waals surface area (Å²) in [5, 5.41) is 3.56. The van der Waals surface area contributed by atoms with Crippen molar-refractivity contribution in [2.24, 2.45) is 0 Å². The van der Waals surface area contributed by atoms with Gasteiger partial charge in [-0.05, 0) is 18.4 Å². The third kappa shape index (κ3) is 1.57. The van der Waals surface area contributed by atoms with Crippen molar-refractivity contribution in [2.45, 2.75) is 37.4 Å². The molecule has 3 heteroatoms. The fourth-order valence-electron chi connectivity index (χ4n) is 3.15. The van der Waals surface area contributed by atoms with Gasteiger partial charge in [0, 0.05) is 7.05 Å². The molecule has 1 N–H and O–H groups in total. The van der Waals surface area contributed by atoms with E-state index in [0.29, 0.717) is 0 Å². The van der Waals surface area contributed by atoms with Gasteiger partial charge < -0.3 is 4.90 Å². The molecule has 1 atom stereocenters. The Morgan fingerprint density at radius 1 is 1.24 bits per heavy atom. The first-order valence-electron chi connectivity index (χ1n) is 6.33. The smallest absolute Gasteiger partial charge is 0.244 e. The summed E-state index contributed by atoms with van der Waals surface area (Å²) in [4.78, 5) is 14.2. The number of carbonyl (C=O) groups excluding carboxylic acids is 1. The Balaban J connectivity index is 1.92. The summed E-state index contributed by atoms with van der Waals surface area (Å²) in [6.07, 6.45) is 4.34. The summed E-state index contributed by atoms with van der Waals surface area (Å²) in [6.45, 7) is 0. The highest BCUT2D eigenvalue weighted by Crippen LogP contribution is 2.39. The van der Waals surface area contributed by atoms with Gasteiger partial charge in [-0.2, -0.15) is 0 Å². The van der Waals surface area contributed by atoms with Gasteiger partial charge in [-0.25, -0.2) is 0 Å². The van der Waals surface area contributed by atoms with E-state index in [9.17, 15) is 4.79 Å². The molecule has 2 fully saturated rings. The fourth-order valence-corrected chi connectivity index (χ4v) is 3.15. The van der Waals surface area contributed by atoms with E-state index in [0.717, 1.165) is 25.7 Å². The minimum absolute atomic E-state index is 0.0433. The lowest BCUT2D eigenvalue weighted by atomic mass is 9.98. The molecule has 1 saturated heterocycles. The summed E-state index contributed by atoms with van der Waals surface area (Å²) in [7, 11) is 1.90. The summed E-state index contributed by atoms with van der Waals surface area (Å²) in [6, 6.07) is 10.2. The molecule has 0 radical (unpaired) electrons. The van der Waals surface area contributed by atoms with Crippen molar-refractivity contribution >= 4 is 5.91 Å². The predicted molar refractivity (Wildman–Crippen MR) is 66.3 cm³/mol. The summed E-state index contributed by atoms with van der Waals surface area (Å²) >= 11 is 0. The van der Waals surface area contributed by atoms with Crippen LogP contribution < -0.4 is 5.32 Å². The Morgan fingerprint density at radius 2 is 1.88 bits per heavy atom. The van der Waals surface area contributed by atoms with Gasteiger partial charge in [-0.3, -0.25) is 10.1 Å². The van der Waals surface area contributed by atoms with Crippen LogP contribution >= 0.6 is 0 Å². The van der Waals surface area contributed by atoms with E-state index in [1.807, 2.05) is 30.1 Å². The molecule has 1 aliphatic heterocycles. The Bertz CT molecular complexity index is 423. The van der Waals surface area contributed by atoms with Crippen LogP contribution in [0.5, 0.6) is 0 Å².